The summed E-state index contributed by atoms with van der Waals surface area (Å²) in [5.74, 6) is -0.663. The Balaban J connectivity index is 2.65. The van der Waals surface area contributed by atoms with Gasteiger partial charge in [-0.15, -0.1) is 0 Å². The summed E-state index contributed by atoms with van der Waals surface area (Å²) in [5.41, 5.74) is 5.67. The van der Waals surface area contributed by atoms with Crippen molar-refractivity contribution in [1.82, 2.24) is 0 Å². The lowest BCUT2D eigenvalue weighted by Crippen LogP contribution is -2.20. The maximum Gasteiger partial charge on any atom is 0.300 e. The molecule has 21 heavy (non-hydrogen) atoms. The average molecular weight is 308 g/mol. The largest absolute Gasteiger partial charge is 0.465 e. The number of methoxy groups -OCH3 is 1. The molecule has 0 unspecified atom stereocenters. The maximum atomic E-state index is 12.9. The highest BCUT2D eigenvalue weighted by molar-refractivity contribution is 7.91. The Labute approximate surface area is 120 Å². The summed E-state index contributed by atoms with van der Waals surface area (Å²) in [7, 11) is -2.65. The first-order valence-corrected chi connectivity index (χ1v) is 7.19. The number of anilines is 1. The van der Waals surface area contributed by atoms with Crippen LogP contribution in [0.5, 0.6) is 5.88 Å². The number of hydrogen-bond donors (Lipinski definition) is 1. The lowest BCUT2D eigenvalue weighted by molar-refractivity contribution is -0.378. The highest BCUT2D eigenvalue weighted by Gasteiger charge is 2.27. The normalized spacial score (nSPS) is 10.9. The Bertz CT molecular complexity index is 827. The zero-order valence-electron chi connectivity index (χ0n) is 10.9. The second-order valence-electron chi connectivity index (χ2n) is 4.06. The van der Waals surface area contributed by atoms with E-state index >= 15 is 0 Å². The van der Waals surface area contributed by atoms with Crippen molar-refractivity contribution in [3.8, 4) is 11.9 Å². The molecule has 1 aromatic heterocycles. The number of aromatic nitrogens is 1. The molecule has 0 aliphatic heterocycles. The van der Waals surface area contributed by atoms with E-state index in [9.17, 15) is 12.8 Å². The van der Waals surface area contributed by atoms with Crippen molar-refractivity contribution >= 4 is 15.7 Å². The first-order chi connectivity index (χ1) is 9.90. The molecule has 3 N–H and O–H groups in total. The van der Waals surface area contributed by atoms with Crippen LogP contribution in [0.25, 0.3) is 0 Å². The number of aromatic amines is 1. The molecule has 0 bridgehead atoms. The number of nitrogen functional groups attached to an aromatic ring is 1. The quantitative estimate of drug-likeness (QED) is 0.849. The van der Waals surface area contributed by atoms with E-state index in [1.165, 1.54) is 7.11 Å². The number of rotatable bonds is 3. The molecule has 1 heterocycles. The van der Waals surface area contributed by atoms with Crippen molar-refractivity contribution in [2.24, 2.45) is 0 Å². The molecule has 0 amide bonds. The molecule has 0 aliphatic rings. The van der Waals surface area contributed by atoms with Crippen LogP contribution in [0.4, 0.5) is 10.2 Å². The van der Waals surface area contributed by atoms with E-state index in [0.717, 1.165) is 30.3 Å². The smallest absolute Gasteiger partial charge is 0.300 e. The molecular formula is C13H11FN3O3S+. The van der Waals surface area contributed by atoms with Gasteiger partial charge >= 0.3 is 0 Å². The minimum absolute atomic E-state index is 0.00705. The number of nitrogens with zero attached hydrogens (tertiary/aromatic N) is 1. The Hall–Kier alpha value is -2.66. The first kappa shape index (κ1) is 14.7. The number of pyridine rings is 1. The summed E-state index contributed by atoms with van der Waals surface area (Å²) >= 11 is 0. The van der Waals surface area contributed by atoms with Gasteiger partial charge in [0.05, 0.1) is 12.0 Å². The summed E-state index contributed by atoms with van der Waals surface area (Å²) < 4.78 is 42.7. The van der Waals surface area contributed by atoms with Crippen molar-refractivity contribution < 1.29 is 22.5 Å². The zero-order chi connectivity index (χ0) is 15.6. The third-order valence-electron chi connectivity index (χ3n) is 2.77. The zero-order valence-corrected chi connectivity index (χ0v) is 11.7. The first-order valence-electron chi connectivity index (χ1n) is 5.70. The summed E-state index contributed by atoms with van der Waals surface area (Å²) in [6.45, 7) is 0. The van der Waals surface area contributed by atoms with Crippen LogP contribution < -0.4 is 15.5 Å². The molecule has 108 valence electrons. The van der Waals surface area contributed by atoms with E-state index in [1.54, 1.807) is 0 Å². The second-order valence-corrected chi connectivity index (χ2v) is 5.98. The highest BCUT2D eigenvalue weighted by Crippen LogP contribution is 2.26. The maximum absolute atomic E-state index is 12.9. The van der Waals surface area contributed by atoms with Crippen LogP contribution in [0.1, 0.15) is 5.56 Å². The Kier molecular flexibility index (Phi) is 3.78. The number of H-pyrrole nitrogens is 1. The number of nitriles is 1. The molecule has 0 fully saturated rings. The van der Waals surface area contributed by atoms with Crippen LogP contribution in [-0.2, 0) is 9.84 Å². The van der Waals surface area contributed by atoms with Crippen LogP contribution in [0.2, 0.25) is 0 Å². The monoisotopic (exact) mass is 308 g/mol. The van der Waals surface area contributed by atoms with Gasteiger partial charge in [0.2, 0.25) is 9.84 Å². The van der Waals surface area contributed by atoms with Gasteiger partial charge in [0, 0.05) is 0 Å². The number of nitrogens with two attached hydrogens (primary N) is 1. The summed E-state index contributed by atoms with van der Waals surface area (Å²) in [5, 5.41) is 9.00. The third kappa shape index (κ3) is 2.64. The molecule has 0 atom stereocenters. The molecule has 0 aliphatic carbocycles. The minimum atomic E-state index is -3.97. The van der Waals surface area contributed by atoms with Crippen molar-refractivity contribution in [2.45, 2.75) is 9.79 Å². The summed E-state index contributed by atoms with van der Waals surface area (Å²) in [6, 6.07) is 7.23. The van der Waals surface area contributed by atoms with Crippen LogP contribution >= 0.6 is 0 Å². The number of nitrogens with one attached hydrogen (secondary N) is 1. The van der Waals surface area contributed by atoms with Gasteiger partial charge in [-0.2, -0.15) is 5.26 Å². The van der Waals surface area contributed by atoms with E-state index in [4.69, 9.17) is 15.7 Å². The van der Waals surface area contributed by atoms with E-state index in [1.807, 2.05) is 6.07 Å². The fourth-order valence-corrected chi connectivity index (χ4v) is 3.09. The summed E-state index contributed by atoms with van der Waals surface area (Å²) in [6.07, 6.45) is 0. The predicted octanol–water partition coefficient (Wildman–Crippen LogP) is 0.935. The van der Waals surface area contributed by atoms with Gasteiger partial charge in [0.25, 0.3) is 11.7 Å². The van der Waals surface area contributed by atoms with Crippen molar-refractivity contribution in [1.29, 1.82) is 5.26 Å². The molecule has 0 saturated heterocycles. The fourth-order valence-electron chi connectivity index (χ4n) is 1.73. The average Bonchev–Trinajstić information content (AvgIpc) is 2.47. The highest BCUT2D eigenvalue weighted by atomic mass is 32.2. The van der Waals surface area contributed by atoms with Gasteiger partial charge in [-0.1, -0.05) is 0 Å². The van der Waals surface area contributed by atoms with Gasteiger partial charge < -0.3 is 4.74 Å². The molecule has 2 rings (SSSR count). The molecule has 6 nitrogen and oxygen atoms in total. The van der Waals surface area contributed by atoms with Crippen molar-refractivity contribution in [2.75, 3.05) is 12.8 Å². The van der Waals surface area contributed by atoms with Gasteiger partial charge in [-0.25, -0.2) is 17.8 Å². The fraction of sp³-hybridized carbons (Fsp3) is 0.0769. The molecule has 0 radical (unpaired) electrons. The van der Waals surface area contributed by atoms with Crippen LogP contribution in [-0.4, -0.2) is 15.5 Å². The second kappa shape index (κ2) is 5.38. The SMILES string of the molecule is COc1[nH+]c(N)c(S(=O)(=O)c2ccc(F)cc2)cc1C#N. The van der Waals surface area contributed by atoms with E-state index in [-0.39, 0.29) is 27.1 Å². The van der Waals surface area contributed by atoms with Crippen LogP contribution in [0.3, 0.4) is 0 Å². The summed E-state index contributed by atoms with van der Waals surface area (Å²) in [4.78, 5) is 2.11. The van der Waals surface area contributed by atoms with Crippen molar-refractivity contribution in [3.05, 3.63) is 41.7 Å². The molecule has 0 spiro atoms. The number of ether oxygens (including phenoxy) is 1. The molecular weight excluding hydrogens is 297 g/mol. The molecule has 1 aromatic carbocycles. The third-order valence-corrected chi connectivity index (χ3v) is 4.58. The Morgan fingerprint density at radius 3 is 2.48 bits per heavy atom. The van der Waals surface area contributed by atoms with Gasteiger partial charge in [0.1, 0.15) is 17.4 Å². The lowest BCUT2D eigenvalue weighted by Gasteiger charge is -2.06. The van der Waals surface area contributed by atoms with Gasteiger partial charge in [-0.05, 0) is 30.3 Å². The van der Waals surface area contributed by atoms with Crippen LogP contribution in [0.15, 0.2) is 40.1 Å². The van der Waals surface area contributed by atoms with Crippen molar-refractivity contribution in [3.63, 3.8) is 0 Å². The lowest BCUT2D eigenvalue weighted by atomic mass is 10.3. The molecule has 8 heteroatoms. The standard InChI is InChI=1S/C13H10FN3O3S/c1-20-13-8(7-15)6-11(12(16)17-13)21(18,19)10-4-2-9(14)3-5-10/h2-6H,1H3,(H2,16,17)/p+1. The predicted molar refractivity (Wildman–Crippen MR) is 70.5 cm³/mol. The Morgan fingerprint density at radius 2 is 1.95 bits per heavy atom. The van der Waals surface area contributed by atoms with Crippen LogP contribution in [0, 0.1) is 17.1 Å². The van der Waals surface area contributed by atoms with E-state index in [2.05, 4.69) is 4.98 Å². The number of hydrogen-bond acceptors (Lipinski definition) is 5. The molecule has 0 saturated carbocycles. The van der Waals surface area contributed by atoms with E-state index in [0.29, 0.717) is 0 Å². The number of sulfone groups is 1. The van der Waals surface area contributed by atoms with Gasteiger partial charge in [0.15, 0.2) is 4.90 Å². The van der Waals surface area contributed by atoms with Gasteiger partial charge in [-0.3, -0.25) is 5.73 Å². The minimum Gasteiger partial charge on any atom is -0.465 e. The topological polar surface area (TPSA) is 107 Å². The Morgan fingerprint density at radius 1 is 1.33 bits per heavy atom. The van der Waals surface area contributed by atoms with E-state index < -0.39 is 15.7 Å². The number of benzene rings is 1. The number of halogens is 1. The molecule has 2 aromatic rings.